The quantitative estimate of drug-likeness (QED) is 0.759. The van der Waals surface area contributed by atoms with Gasteiger partial charge in [-0.25, -0.2) is 4.39 Å². The Morgan fingerprint density at radius 3 is 2.68 bits per heavy atom. The molecule has 1 aromatic carbocycles. The van der Waals surface area contributed by atoms with Gasteiger partial charge in [0, 0.05) is 11.0 Å². The summed E-state index contributed by atoms with van der Waals surface area (Å²) in [6.45, 7) is 4.23. The van der Waals surface area contributed by atoms with Crippen molar-refractivity contribution in [2.45, 2.75) is 45.6 Å². The molecule has 2 rings (SSSR count). The number of hydrogen-bond acceptors (Lipinski definition) is 1. The van der Waals surface area contributed by atoms with Gasteiger partial charge in [-0.15, -0.1) is 0 Å². The second-order valence-electron chi connectivity index (χ2n) is 5.83. The molecule has 1 N–H and O–H groups in total. The van der Waals surface area contributed by atoms with Gasteiger partial charge >= 0.3 is 0 Å². The maximum Gasteiger partial charge on any atom is 0.124 e. The van der Waals surface area contributed by atoms with Crippen LogP contribution in [0.3, 0.4) is 0 Å². The summed E-state index contributed by atoms with van der Waals surface area (Å²) >= 11 is 3.40. The largest absolute Gasteiger partial charge is 0.313 e. The second kappa shape index (κ2) is 7.39. The van der Waals surface area contributed by atoms with Crippen molar-refractivity contribution in [3.63, 3.8) is 0 Å². The monoisotopic (exact) mass is 327 g/mol. The molecule has 3 heteroatoms. The zero-order valence-electron chi connectivity index (χ0n) is 11.6. The first-order chi connectivity index (χ1) is 9.15. The standard InChI is InChI=1S/C16H23BrFN/c1-12-2-4-13(5-3-12)8-9-19-11-14-6-7-15(18)10-16(14)17/h6-7,10,12-13,19H,2-5,8-9,11H2,1H3. The summed E-state index contributed by atoms with van der Waals surface area (Å²) in [5, 5.41) is 3.47. The minimum absolute atomic E-state index is 0.188. The summed E-state index contributed by atoms with van der Waals surface area (Å²) in [6.07, 6.45) is 6.85. The van der Waals surface area contributed by atoms with E-state index in [0.717, 1.165) is 35.0 Å². The Morgan fingerprint density at radius 2 is 2.00 bits per heavy atom. The van der Waals surface area contributed by atoms with Crippen LogP contribution < -0.4 is 5.32 Å². The lowest BCUT2D eigenvalue weighted by molar-refractivity contribution is 0.275. The molecule has 1 nitrogen and oxygen atoms in total. The van der Waals surface area contributed by atoms with E-state index in [1.54, 1.807) is 0 Å². The fraction of sp³-hybridized carbons (Fsp3) is 0.625. The zero-order valence-corrected chi connectivity index (χ0v) is 13.2. The lowest BCUT2D eigenvalue weighted by Gasteiger charge is -2.26. The maximum absolute atomic E-state index is 13.0. The van der Waals surface area contributed by atoms with Crippen molar-refractivity contribution in [2.75, 3.05) is 6.54 Å². The van der Waals surface area contributed by atoms with Crippen LogP contribution in [0.25, 0.3) is 0 Å². The highest BCUT2D eigenvalue weighted by Crippen LogP contribution is 2.30. The van der Waals surface area contributed by atoms with Gasteiger partial charge in [0.1, 0.15) is 5.82 Å². The van der Waals surface area contributed by atoms with Crippen LogP contribution in [0.5, 0.6) is 0 Å². The van der Waals surface area contributed by atoms with Gasteiger partial charge in [0.05, 0.1) is 0 Å². The van der Waals surface area contributed by atoms with E-state index < -0.39 is 0 Å². The van der Waals surface area contributed by atoms with Gasteiger partial charge in [-0.1, -0.05) is 54.6 Å². The minimum Gasteiger partial charge on any atom is -0.313 e. The molecular formula is C16H23BrFN. The fourth-order valence-electron chi connectivity index (χ4n) is 2.81. The molecule has 1 aromatic rings. The van der Waals surface area contributed by atoms with Crippen LogP contribution in [0, 0.1) is 17.7 Å². The first kappa shape index (κ1) is 15.0. The summed E-state index contributed by atoms with van der Waals surface area (Å²) in [5.41, 5.74) is 1.12. The number of halogens is 2. The lowest BCUT2D eigenvalue weighted by Crippen LogP contribution is -2.20. The van der Waals surface area contributed by atoms with E-state index in [4.69, 9.17) is 0 Å². The Balaban J connectivity index is 1.66. The molecule has 19 heavy (non-hydrogen) atoms. The first-order valence-electron chi connectivity index (χ1n) is 7.30. The molecular weight excluding hydrogens is 305 g/mol. The van der Waals surface area contributed by atoms with Gasteiger partial charge in [0.25, 0.3) is 0 Å². The van der Waals surface area contributed by atoms with E-state index in [1.165, 1.54) is 44.2 Å². The molecule has 1 saturated carbocycles. The predicted octanol–water partition coefficient (Wildman–Crippen LogP) is 4.89. The van der Waals surface area contributed by atoms with Gasteiger partial charge in [0.15, 0.2) is 0 Å². The number of hydrogen-bond donors (Lipinski definition) is 1. The van der Waals surface area contributed by atoms with Crippen molar-refractivity contribution in [3.8, 4) is 0 Å². The lowest BCUT2D eigenvalue weighted by atomic mass is 9.81. The van der Waals surface area contributed by atoms with Crippen molar-refractivity contribution < 1.29 is 4.39 Å². The molecule has 0 amide bonds. The van der Waals surface area contributed by atoms with Gasteiger partial charge in [0.2, 0.25) is 0 Å². The van der Waals surface area contributed by atoms with Gasteiger partial charge in [-0.2, -0.15) is 0 Å². The highest BCUT2D eigenvalue weighted by molar-refractivity contribution is 9.10. The summed E-state index contributed by atoms with van der Waals surface area (Å²) in [4.78, 5) is 0. The molecule has 1 aliphatic rings. The molecule has 106 valence electrons. The van der Waals surface area contributed by atoms with Crippen LogP contribution in [0.1, 0.15) is 44.6 Å². The number of benzene rings is 1. The van der Waals surface area contributed by atoms with E-state index in [1.807, 2.05) is 6.07 Å². The van der Waals surface area contributed by atoms with E-state index in [2.05, 4.69) is 28.2 Å². The van der Waals surface area contributed by atoms with E-state index in [-0.39, 0.29) is 5.82 Å². The van der Waals surface area contributed by atoms with Crippen molar-refractivity contribution >= 4 is 15.9 Å². The third kappa shape index (κ3) is 4.88. The van der Waals surface area contributed by atoms with Crippen LogP contribution in [0.4, 0.5) is 4.39 Å². The van der Waals surface area contributed by atoms with Crippen LogP contribution >= 0.6 is 15.9 Å². The highest BCUT2D eigenvalue weighted by Gasteiger charge is 2.17. The molecule has 1 aliphatic carbocycles. The van der Waals surface area contributed by atoms with Crippen molar-refractivity contribution in [2.24, 2.45) is 11.8 Å². The summed E-state index contributed by atoms with van der Waals surface area (Å²) in [5.74, 6) is 1.65. The highest BCUT2D eigenvalue weighted by atomic mass is 79.9. The van der Waals surface area contributed by atoms with Crippen molar-refractivity contribution in [1.29, 1.82) is 0 Å². The summed E-state index contributed by atoms with van der Waals surface area (Å²) in [7, 11) is 0. The number of nitrogens with one attached hydrogen (secondary N) is 1. The molecule has 0 heterocycles. The van der Waals surface area contributed by atoms with Crippen molar-refractivity contribution in [3.05, 3.63) is 34.1 Å². The Labute approximate surface area is 124 Å². The maximum atomic E-state index is 13.0. The minimum atomic E-state index is -0.188. The number of rotatable bonds is 5. The van der Waals surface area contributed by atoms with Gasteiger partial charge in [-0.05, 0) is 42.5 Å². The third-order valence-corrected chi connectivity index (χ3v) is 4.93. The fourth-order valence-corrected chi connectivity index (χ4v) is 3.30. The smallest absolute Gasteiger partial charge is 0.124 e. The molecule has 0 atom stereocenters. The van der Waals surface area contributed by atoms with Gasteiger partial charge in [-0.3, -0.25) is 0 Å². The summed E-state index contributed by atoms with van der Waals surface area (Å²) in [6, 6.07) is 4.89. The van der Waals surface area contributed by atoms with Crippen LogP contribution in [-0.4, -0.2) is 6.54 Å². The van der Waals surface area contributed by atoms with E-state index in [9.17, 15) is 4.39 Å². The SMILES string of the molecule is CC1CCC(CCNCc2ccc(F)cc2Br)CC1. The van der Waals surface area contributed by atoms with Gasteiger partial charge < -0.3 is 5.32 Å². The molecule has 0 radical (unpaired) electrons. The Morgan fingerprint density at radius 1 is 1.26 bits per heavy atom. The molecule has 0 aliphatic heterocycles. The van der Waals surface area contributed by atoms with Crippen LogP contribution in [-0.2, 0) is 6.54 Å². The molecule has 1 fully saturated rings. The average Bonchev–Trinajstić information content (AvgIpc) is 2.39. The van der Waals surface area contributed by atoms with E-state index >= 15 is 0 Å². The topological polar surface area (TPSA) is 12.0 Å². The molecule has 0 bridgehead atoms. The molecule has 0 spiro atoms. The molecule has 0 saturated heterocycles. The Bertz CT molecular complexity index is 400. The Hall–Kier alpha value is -0.410. The summed E-state index contributed by atoms with van der Waals surface area (Å²) < 4.78 is 13.8. The second-order valence-corrected chi connectivity index (χ2v) is 6.68. The van der Waals surface area contributed by atoms with Crippen LogP contribution in [0.2, 0.25) is 0 Å². The average molecular weight is 328 g/mol. The Kier molecular flexibility index (Phi) is 5.83. The zero-order chi connectivity index (χ0) is 13.7. The van der Waals surface area contributed by atoms with Crippen LogP contribution in [0.15, 0.2) is 22.7 Å². The molecule has 0 unspecified atom stereocenters. The normalized spacial score (nSPS) is 23.5. The predicted molar refractivity (Wildman–Crippen MR) is 81.5 cm³/mol. The van der Waals surface area contributed by atoms with E-state index in [0.29, 0.717) is 0 Å². The third-order valence-electron chi connectivity index (χ3n) is 4.20. The van der Waals surface area contributed by atoms with Crippen molar-refractivity contribution in [1.82, 2.24) is 5.32 Å². The first-order valence-corrected chi connectivity index (χ1v) is 8.09. The molecule has 0 aromatic heterocycles.